The van der Waals surface area contributed by atoms with Crippen LogP contribution in [0.2, 0.25) is 5.02 Å². The second-order valence-electron chi connectivity index (χ2n) is 4.92. The van der Waals surface area contributed by atoms with Gasteiger partial charge < -0.3 is 9.47 Å². The van der Waals surface area contributed by atoms with Crippen LogP contribution in [0.4, 0.5) is 5.69 Å². The molecule has 6 nitrogen and oxygen atoms in total. The van der Waals surface area contributed by atoms with Crippen molar-refractivity contribution in [2.75, 3.05) is 18.9 Å². The zero-order valence-electron chi connectivity index (χ0n) is 13.3. The van der Waals surface area contributed by atoms with E-state index in [2.05, 4.69) is 9.46 Å². The van der Waals surface area contributed by atoms with Gasteiger partial charge >= 0.3 is 5.97 Å². The molecule has 0 bridgehead atoms. The van der Waals surface area contributed by atoms with Crippen molar-refractivity contribution in [2.24, 2.45) is 0 Å². The quantitative estimate of drug-likeness (QED) is 0.818. The van der Waals surface area contributed by atoms with Crippen LogP contribution in [0.1, 0.15) is 15.9 Å². The Kier molecular flexibility index (Phi) is 5.36. The molecular weight excluding hydrogens is 354 g/mol. The molecule has 0 heterocycles. The van der Waals surface area contributed by atoms with E-state index in [0.29, 0.717) is 5.02 Å². The fourth-order valence-corrected chi connectivity index (χ4v) is 3.31. The lowest BCUT2D eigenvalue weighted by Crippen LogP contribution is -2.14. The Morgan fingerprint density at radius 3 is 2.42 bits per heavy atom. The van der Waals surface area contributed by atoms with E-state index < -0.39 is 16.0 Å². The van der Waals surface area contributed by atoms with Crippen molar-refractivity contribution in [1.82, 2.24) is 0 Å². The Morgan fingerprint density at radius 1 is 1.12 bits per heavy atom. The summed E-state index contributed by atoms with van der Waals surface area (Å²) in [7, 11) is -1.26. The van der Waals surface area contributed by atoms with Gasteiger partial charge in [0.1, 0.15) is 5.75 Å². The molecule has 0 unspecified atom stereocenters. The van der Waals surface area contributed by atoms with Crippen LogP contribution in [0.5, 0.6) is 5.75 Å². The van der Waals surface area contributed by atoms with Crippen molar-refractivity contribution in [3.8, 4) is 5.75 Å². The molecule has 2 aromatic carbocycles. The number of carbonyl (C=O) groups excluding carboxylic acids is 1. The van der Waals surface area contributed by atoms with Gasteiger partial charge in [0.05, 0.1) is 30.4 Å². The third-order valence-corrected chi connectivity index (χ3v) is 5.09. The summed E-state index contributed by atoms with van der Waals surface area (Å²) in [4.78, 5) is 11.6. The standard InChI is InChI=1S/C16H16ClNO5S/c1-10-4-6-12(9-13(10)17)24(20,21)18-14-8-11(16(19)23-3)5-7-15(14)22-2/h4-9,18H,1-3H3. The van der Waals surface area contributed by atoms with Crippen molar-refractivity contribution >= 4 is 33.3 Å². The number of anilines is 1. The monoisotopic (exact) mass is 369 g/mol. The number of halogens is 1. The second kappa shape index (κ2) is 7.11. The summed E-state index contributed by atoms with van der Waals surface area (Å²) in [6.45, 7) is 1.77. The van der Waals surface area contributed by atoms with Crippen molar-refractivity contribution < 1.29 is 22.7 Å². The number of methoxy groups -OCH3 is 2. The zero-order valence-corrected chi connectivity index (χ0v) is 14.9. The third kappa shape index (κ3) is 3.80. The zero-order chi connectivity index (χ0) is 17.9. The molecule has 0 atom stereocenters. The van der Waals surface area contributed by atoms with Gasteiger partial charge in [-0.05, 0) is 42.8 Å². The maximum Gasteiger partial charge on any atom is 0.337 e. The van der Waals surface area contributed by atoms with Gasteiger partial charge in [-0.2, -0.15) is 0 Å². The van der Waals surface area contributed by atoms with Crippen LogP contribution >= 0.6 is 11.6 Å². The predicted octanol–water partition coefficient (Wildman–Crippen LogP) is 3.24. The lowest BCUT2D eigenvalue weighted by molar-refractivity contribution is 0.0600. The fraction of sp³-hybridized carbons (Fsp3) is 0.188. The summed E-state index contributed by atoms with van der Waals surface area (Å²) in [6, 6.07) is 8.71. The third-order valence-electron chi connectivity index (χ3n) is 3.32. The highest BCUT2D eigenvalue weighted by Crippen LogP contribution is 2.29. The minimum absolute atomic E-state index is 0.00336. The first-order valence-electron chi connectivity index (χ1n) is 6.84. The predicted molar refractivity (Wildman–Crippen MR) is 91.3 cm³/mol. The summed E-state index contributed by atoms with van der Waals surface area (Å²) >= 11 is 5.99. The number of nitrogens with one attached hydrogen (secondary N) is 1. The number of benzene rings is 2. The summed E-state index contributed by atoms with van der Waals surface area (Å²) in [5.74, 6) is -0.319. The Labute approximate surface area is 145 Å². The molecule has 0 fully saturated rings. The van der Waals surface area contributed by atoms with E-state index in [4.69, 9.17) is 16.3 Å². The average molecular weight is 370 g/mol. The maximum absolute atomic E-state index is 12.5. The molecule has 2 aromatic rings. The van der Waals surface area contributed by atoms with E-state index in [0.717, 1.165) is 5.56 Å². The Balaban J connectivity index is 2.44. The van der Waals surface area contributed by atoms with Gasteiger partial charge in [-0.15, -0.1) is 0 Å². The first kappa shape index (κ1) is 18.1. The number of hydrogen-bond acceptors (Lipinski definition) is 5. The number of sulfonamides is 1. The lowest BCUT2D eigenvalue weighted by atomic mass is 10.2. The van der Waals surface area contributed by atoms with Gasteiger partial charge in [0, 0.05) is 5.02 Å². The molecule has 0 amide bonds. The van der Waals surface area contributed by atoms with Crippen LogP contribution in [-0.4, -0.2) is 28.6 Å². The van der Waals surface area contributed by atoms with Crippen LogP contribution in [0.25, 0.3) is 0 Å². The molecule has 0 aliphatic carbocycles. The molecular formula is C16H16ClNO5S. The van der Waals surface area contributed by atoms with E-state index in [1.54, 1.807) is 13.0 Å². The maximum atomic E-state index is 12.5. The van der Waals surface area contributed by atoms with Gasteiger partial charge in [-0.3, -0.25) is 4.72 Å². The fourth-order valence-electron chi connectivity index (χ4n) is 1.98. The molecule has 1 N–H and O–H groups in total. The van der Waals surface area contributed by atoms with Crippen LogP contribution in [0, 0.1) is 6.92 Å². The number of ether oxygens (including phenoxy) is 2. The smallest absolute Gasteiger partial charge is 0.337 e. The first-order chi connectivity index (χ1) is 11.3. The highest BCUT2D eigenvalue weighted by molar-refractivity contribution is 7.92. The number of aryl methyl sites for hydroxylation is 1. The van der Waals surface area contributed by atoms with Gasteiger partial charge in [-0.1, -0.05) is 17.7 Å². The van der Waals surface area contributed by atoms with Crippen molar-refractivity contribution in [3.63, 3.8) is 0 Å². The van der Waals surface area contributed by atoms with Crippen molar-refractivity contribution in [1.29, 1.82) is 0 Å². The van der Waals surface area contributed by atoms with Crippen molar-refractivity contribution in [3.05, 3.63) is 52.5 Å². The minimum atomic E-state index is -3.90. The summed E-state index contributed by atoms with van der Waals surface area (Å²) < 4.78 is 37.3. The first-order valence-corrected chi connectivity index (χ1v) is 8.70. The van der Waals surface area contributed by atoms with Crippen molar-refractivity contribution in [2.45, 2.75) is 11.8 Å². The molecule has 128 valence electrons. The summed E-state index contributed by atoms with van der Waals surface area (Å²) in [5, 5.41) is 0.341. The van der Waals surface area contributed by atoms with Gasteiger partial charge in [0.25, 0.3) is 10.0 Å². The molecule has 0 aromatic heterocycles. The summed E-state index contributed by atoms with van der Waals surface area (Å²) in [6.07, 6.45) is 0. The molecule has 0 saturated carbocycles. The molecule has 8 heteroatoms. The number of hydrogen-bond donors (Lipinski definition) is 1. The second-order valence-corrected chi connectivity index (χ2v) is 7.01. The van der Waals surface area contributed by atoms with Crippen LogP contribution in [-0.2, 0) is 14.8 Å². The van der Waals surface area contributed by atoms with E-state index >= 15 is 0 Å². The molecule has 0 aliphatic rings. The van der Waals surface area contributed by atoms with Gasteiger partial charge in [0.15, 0.2) is 0 Å². The van der Waals surface area contributed by atoms with Gasteiger partial charge in [0.2, 0.25) is 0 Å². The molecule has 0 spiro atoms. The summed E-state index contributed by atoms with van der Waals surface area (Å²) in [5.41, 5.74) is 1.08. The normalized spacial score (nSPS) is 11.0. The Hall–Kier alpha value is -2.25. The number of carbonyl (C=O) groups is 1. The number of esters is 1. The topological polar surface area (TPSA) is 81.7 Å². The molecule has 0 saturated heterocycles. The highest BCUT2D eigenvalue weighted by Gasteiger charge is 2.19. The van der Waals surface area contributed by atoms with Crippen LogP contribution in [0.3, 0.4) is 0 Å². The molecule has 0 aliphatic heterocycles. The van der Waals surface area contributed by atoms with E-state index in [9.17, 15) is 13.2 Å². The number of rotatable bonds is 5. The van der Waals surface area contributed by atoms with E-state index in [1.165, 1.54) is 44.6 Å². The molecule has 24 heavy (non-hydrogen) atoms. The Bertz CT molecular complexity index is 880. The molecule has 0 radical (unpaired) electrons. The largest absolute Gasteiger partial charge is 0.495 e. The van der Waals surface area contributed by atoms with Crippen LogP contribution < -0.4 is 9.46 Å². The molecule has 2 rings (SSSR count). The highest BCUT2D eigenvalue weighted by atomic mass is 35.5. The van der Waals surface area contributed by atoms with Crippen LogP contribution in [0.15, 0.2) is 41.3 Å². The SMILES string of the molecule is COC(=O)c1ccc(OC)c(NS(=O)(=O)c2ccc(C)c(Cl)c2)c1. The lowest BCUT2D eigenvalue weighted by Gasteiger charge is -2.13. The minimum Gasteiger partial charge on any atom is -0.495 e. The van der Waals surface area contributed by atoms with Gasteiger partial charge in [-0.25, -0.2) is 13.2 Å². The average Bonchev–Trinajstić information content (AvgIpc) is 2.56. The van der Waals surface area contributed by atoms with E-state index in [-0.39, 0.29) is 21.9 Å². The van der Waals surface area contributed by atoms with E-state index in [1.807, 2.05) is 0 Å². The Morgan fingerprint density at radius 2 is 1.83 bits per heavy atom.